The summed E-state index contributed by atoms with van der Waals surface area (Å²) >= 11 is 0. The minimum Gasteiger partial charge on any atom is -0.307 e. The van der Waals surface area contributed by atoms with Crippen molar-refractivity contribution >= 4 is 5.71 Å². The van der Waals surface area contributed by atoms with E-state index in [2.05, 4.69) is 0 Å². The molecule has 2 rings (SSSR count). The minimum absolute atomic E-state index is 0.531. The molecule has 0 fully saturated rings. The summed E-state index contributed by atoms with van der Waals surface area (Å²) in [5, 5.41) is 21.3. The van der Waals surface area contributed by atoms with E-state index in [-0.39, 0.29) is 0 Å². The van der Waals surface area contributed by atoms with Crippen LogP contribution in [0.15, 0.2) is 30.3 Å². The monoisotopic (exact) mass is 221 g/mol. The lowest BCUT2D eigenvalue weighted by Gasteiger charge is -2.23. The number of rotatable bonds is 1. The Balaban J connectivity index is 2.46. The normalized spacial score (nSPS) is 25.1. The van der Waals surface area contributed by atoms with Crippen LogP contribution in [0.3, 0.4) is 0 Å². The van der Waals surface area contributed by atoms with Crippen LogP contribution in [0.25, 0.3) is 0 Å². The lowest BCUT2D eigenvalue weighted by Crippen LogP contribution is -2.42. The van der Waals surface area contributed by atoms with Gasteiger partial charge in [-0.15, -0.1) is 5.06 Å². The molecule has 0 amide bonds. The highest BCUT2D eigenvalue weighted by atomic mass is 16.5. The summed E-state index contributed by atoms with van der Waals surface area (Å²) in [6.07, 6.45) is -0.531. The van der Waals surface area contributed by atoms with Crippen molar-refractivity contribution in [3.05, 3.63) is 35.9 Å². The van der Waals surface area contributed by atoms with Gasteiger partial charge in [0.25, 0.3) is 0 Å². The largest absolute Gasteiger partial charge is 0.307 e. The maximum absolute atomic E-state index is 10.1. The van der Waals surface area contributed by atoms with Gasteiger partial charge in [0.2, 0.25) is 5.71 Å². The Hall–Kier alpha value is -1.39. The summed E-state index contributed by atoms with van der Waals surface area (Å²) in [6, 6.07) is 9.44. The van der Waals surface area contributed by atoms with Crippen LogP contribution in [0.4, 0.5) is 0 Å². The van der Waals surface area contributed by atoms with Gasteiger partial charge in [-0.05, 0) is 18.6 Å². The van der Waals surface area contributed by atoms with E-state index in [1.165, 1.54) is 5.06 Å². The Labute approximate surface area is 95.0 Å². The first-order valence-electron chi connectivity index (χ1n) is 5.31. The van der Waals surface area contributed by atoms with E-state index in [1.807, 2.05) is 51.1 Å². The second kappa shape index (κ2) is 3.57. The Morgan fingerprint density at radius 1 is 1.25 bits per heavy atom. The zero-order chi connectivity index (χ0) is 11.9. The summed E-state index contributed by atoms with van der Waals surface area (Å²) in [5.74, 6) is 0. The summed E-state index contributed by atoms with van der Waals surface area (Å²) in [5.41, 5.74) is 1.02. The van der Waals surface area contributed by atoms with Gasteiger partial charge in [-0.2, -0.15) is 0 Å². The first-order valence-corrected chi connectivity index (χ1v) is 5.31. The predicted octanol–water partition coefficient (Wildman–Crippen LogP) is 2.03. The van der Waals surface area contributed by atoms with Gasteiger partial charge in [0, 0.05) is 12.5 Å². The molecule has 0 radical (unpaired) electrons. The molecule has 1 atom stereocenters. The fourth-order valence-electron chi connectivity index (χ4n) is 1.95. The molecule has 1 unspecified atom stereocenters. The molecule has 2 N–H and O–H groups in total. The number of benzene rings is 1. The zero-order valence-electron chi connectivity index (χ0n) is 9.75. The van der Waals surface area contributed by atoms with E-state index in [1.54, 1.807) is 0 Å². The molecule has 1 heterocycles. The summed E-state index contributed by atoms with van der Waals surface area (Å²) in [6.45, 7) is 5.55. The quantitative estimate of drug-likeness (QED) is 0.563. The average molecular weight is 221 g/mol. The number of nitrogens with zero attached hydrogens (tertiary/aromatic N) is 2. The highest BCUT2D eigenvalue weighted by Crippen LogP contribution is 2.33. The molecule has 86 valence electrons. The number of hydroxylamine groups is 3. The molecule has 0 spiro atoms. The molecule has 1 aliphatic rings. The highest BCUT2D eigenvalue weighted by Gasteiger charge is 2.53. The Morgan fingerprint density at radius 3 is 2.25 bits per heavy atom. The van der Waals surface area contributed by atoms with Crippen molar-refractivity contribution in [2.45, 2.75) is 32.5 Å². The van der Waals surface area contributed by atoms with E-state index in [0.717, 1.165) is 16.0 Å². The van der Waals surface area contributed by atoms with Gasteiger partial charge >= 0.3 is 6.17 Å². The van der Waals surface area contributed by atoms with Crippen LogP contribution in [-0.4, -0.2) is 31.5 Å². The van der Waals surface area contributed by atoms with Crippen molar-refractivity contribution in [2.24, 2.45) is 0 Å². The van der Waals surface area contributed by atoms with Gasteiger partial charge in [0.05, 0.1) is 0 Å². The Kier molecular flexibility index (Phi) is 2.48. The molecule has 4 heteroatoms. The molecule has 1 aromatic carbocycles. The van der Waals surface area contributed by atoms with Crippen molar-refractivity contribution in [2.75, 3.05) is 0 Å². The molecule has 0 saturated heterocycles. The van der Waals surface area contributed by atoms with Crippen molar-refractivity contribution in [3.8, 4) is 0 Å². The third kappa shape index (κ3) is 1.42. The SMILES string of the molecule is CC1=[N+](O)C(c2ccccc2)N(O)C1(C)C. The topological polar surface area (TPSA) is 46.7 Å². The van der Waals surface area contributed by atoms with Gasteiger partial charge < -0.3 is 5.21 Å². The summed E-state index contributed by atoms with van der Waals surface area (Å²) in [7, 11) is 0. The van der Waals surface area contributed by atoms with Crippen LogP contribution in [0, 0.1) is 0 Å². The van der Waals surface area contributed by atoms with Crippen molar-refractivity contribution in [3.63, 3.8) is 0 Å². The number of hydrogen-bond acceptors (Lipinski definition) is 3. The zero-order valence-corrected chi connectivity index (χ0v) is 9.75. The van der Waals surface area contributed by atoms with Gasteiger partial charge in [-0.3, -0.25) is 5.21 Å². The van der Waals surface area contributed by atoms with E-state index in [9.17, 15) is 10.4 Å². The second-order valence-electron chi connectivity index (χ2n) is 4.62. The Bertz CT molecular complexity index is 426. The fraction of sp³-hybridized carbons (Fsp3) is 0.417. The molecule has 0 bridgehead atoms. The lowest BCUT2D eigenvalue weighted by atomic mass is 10.0. The van der Waals surface area contributed by atoms with Gasteiger partial charge in [-0.25, -0.2) is 0 Å². The standard InChI is InChI=1S/C12H17N2O2/c1-9-12(2,3)14(16)11(13(9)15)10-7-5-4-6-8-10/h4-8,11,15-16H,1-3H3/q+1. The maximum atomic E-state index is 10.1. The molecular formula is C12H17N2O2+. The van der Waals surface area contributed by atoms with Crippen LogP contribution in [0.5, 0.6) is 0 Å². The van der Waals surface area contributed by atoms with Gasteiger partial charge in [0.15, 0.2) is 0 Å². The molecule has 4 nitrogen and oxygen atoms in total. The van der Waals surface area contributed by atoms with E-state index < -0.39 is 11.7 Å². The molecule has 1 aliphatic heterocycles. The lowest BCUT2D eigenvalue weighted by molar-refractivity contribution is -0.816. The van der Waals surface area contributed by atoms with Crippen LogP contribution < -0.4 is 0 Å². The third-order valence-corrected chi connectivity index (χ3v) is 3.36. The Morgan fingerprint density at radius 2 is 1.81 bits per heavy atom. The van der Waals surface area contributed by atoms with Crippen LogP contribution in [0.2, 0.25) is 0 Å². The number of hydrogen-bond donors (Lipinski definition) is 2. The summed E-state index contributed by atoms with van der Waals surface area (Å²) in [4.78, 5) is 0. The highest BCUT2D eigenvalue weighted by molar-refractivity contribution is 5.87. The van der Waals surface area contributed by atoms with E-state index >= 15 is 0 Å². The molecule has 0 aliphatic carbocycles. The first-order chi connectivity index (χ1) is 7.46. The molecular weight excluding hydrogens is 204 g/mol. The molecule has 1 aromatic rings. The van der Waals surface area contributed by atoms with Crippen LogP contribution in [-0.2, 0) is 0 Å². The van der Waals surface area contributed by atoms with Crippen molar-refractivity contribution in [1.82, 2.24) is 5.06 Å². The third-order valence-electron chi connectivity index (χ3n) is 3.36. The van der Waals surface area contributed by atoms with Gasteiger partial charge in [-0.1, -0.05) is 30.3 Å². The molecule has 0 aromatic heterocycles. The summed E-state index contributed by atoms with van der Waals surface area (Å²) < 4.78 is 1.12. The van der Waals surface area contributed by atoms with E-state index in [4.69, 9.17) is 0 Å². The van der Waals surface area contributed by atoms with Crippen LogP contribution >= 0.6 is 0 Å². The van der Waals surface area contributed by atoms with Gasteiger partial charge in [0.1, 0.15) is 5.54 Å². The van der Waals surface area contributed by atoms with E-state index in [0.29, 0.717) is 0 Å². The van der Waals surface area contributed by atoms with Crippen LogP contribution in [0.1, 0.15) is 32.5 Å². The maximum Gasteiger partial charge on any atom is 0.305 e. The fourth-order valence-corrected chi connectivity index (χ4v) is 1.95. The minimum atomic E-state index is -0.560. The first kappa shape index (κ1) is 11.1. The second-order valence-corrected chi connectivity index (χ2v) is 4.62. The predicted molar refractivity (Wildman–Crippen MR) is 59.6 cm³/mol. The smallest absolute Gasteiger partial charge is 0.305 e. The van der Waals surface area contributed by atoms with Crippen molar-refractivity contribution in [1.29, 1.82) is 0 Å². The molecule has 0 saturated carbocycles. The van der Waals surface area contributed by atoms with Crippen molar-refractivity contribution < 1.29 is 15.2 Å². The average Bonchev–Trinajstić information content (AvgIpc) is 2.42. The molecule has 16 heavy (non-hydrogen) atoms.